The molecule has 0 radical (unpaired) electrons. The van der Waals surface area contributed by atoms with Crippen molar-refractivity contribution in [1.82, 2.24) is 4.98 Å². The van der Waals surface area contributed by atoms with Crippen molar-refractivity contribution in [1.29, 1.82) is 0 Å². The van der Waals surface area contributed by atoms with Gasteiger partial charge in [-0.25, -0.2) is 9.78 Å². The fourth-order valence-corrected chi connectivity index (χ4v) is 1.57. The van der Waals surface area contributed by atoms with E-state index in [-0.39, 0.29) is 6.03 Å². The van der Waals surface area contributed by atoms with Crippen LogP contribution >= 0.6 is 0 Å². The second kappa shape index (κ2) is 6.39. The number of benzene rings is 1. The van der Waals surface area contributed by atoms with E-state index in [1.165, 1.54) is 0 Å². The minimum Gasteiger partial charge on any atom is -0.370 e. The Kier molecular flexibility index (Phi) is 4.34. The van der Waals surface area contributed by atoms with E-state index in [0.29, 0.717) is 5.69 Å². The van der Waals surface area contributed by atoms with Crippen molar-refractivity contribution >= 4 is 23.2 Å². The largest absolute Gasteiger partial charge is 0.370 e. The molecule has 2 aromatic rings. The van der Waals surface area contributed by atoms with E-state index in [1.54, 1.807) is 12.3 Å². The Morgan fingerprint density at radius 2 is 1.79 bits per heavy atom. The third-order valence-electron chi connectivity index (χ3n) is 2.41. The lowest BCUT2D eigenvalue weighted by molar-refractivity contribution is 0.262. The molecule has 2 amide bonds. The number of amides is 2. The lowest BCUT2D eigenvalue weighted by atomic mass is 10.3. The summed E-state index contributed by atoms with van der Waals surface area (Å²) in [7, 11) is 0. The zero-order valence-electron chi connectivity index (χ0n) is 10.7. The molecule has 98 valence electrons. The summed E-state index contributed by atoms with van der Waals surface area (Å²) in [5.74, 6) is 0.788. The lowest BCUT2D eigenvalue weighted by Gasteiger charge is -2.08. The normalized spacial score (nSPS) is 9.74. The van der Waals surface area contributed by atoms with Crippen LogP contribution in [0.4, 0.5) is 22.0 Å². The number of nitrogens with one attached hydrogen (secondary N) is 3. The molecule has 0 aliphatic rings. The highest BCUT2D eigenvalue weighted by Crippen LogP contribution is 2.10. The average Bonchev–Trinajstić information content (AvgIpc) is 2.42. The summed E-state index contributed by atoms with van der Waals surface area (Å²) in [6.07, 6.45) is 1.61. The van der Waals surface area contributed by atoms with Crippen LogP contribution in [0.2, 0.25) is 0 Å². The smallest absolute Gasteiger partial charge is 0.323 e. The van der Waals surface area contributed by atoms with Crippen LogP contribution in [-0.2, 0) is 0 Å². The van der Waals surface area contributed by atoms with Crippen molar-refractivity contribution in [3.63, 3.8) is 0 Å². The molecule has 0 aliphatic carbocycles. The first kappa shape index (κ1) is 12.9. The third-order valence-corrected chi connectivity index (χ3v) is 2.41. The predicted octanol–water partition coefficient (Wildman–Crippen LogP) is 3.16. The summed E-state index contributed by atoms with van der Waals surface area (Å²) in [4.78, 5) is 15.9. The van der Waals surface area contributed by atoms with E-state index in [9.17, 15) is 4.79 Å². The number of hydrogen-bond donors (Lipinski definition) is 3. The lowest BCUT2D eigenvalue weighted by Crippen LogP contribution is -2.19. The molecule has 1 aromatic carbocycles. The van der Waals surface area contributed by atoms with Gasteiger partial charge in [0.05, 0.1) is 11.9 Å². The van der Waals surface area contributed by atoms with Crippen molar-refractivity contribution in [2.24, 2.45) is 0 Å². The molecule has 0 unspecified atom stereocenters. The molecule has 0 bridgehead atoms. The molecule has 5 nitrogen and oxygen atoms in total. The number of anilines is 3. The predicted molar refractivity (Wildman–Crippen MR) is 77.5 cm³/mol. The van der Waals surface area contributed by atoms with Crippen LogP contribution in [0.15, 0.2) is 48.7 Å². The van der Waals surface area contributed by atoms with E-state index in [2.05, 4.69) is 20.9 Å². The molecule has 0 spiro atoms. The van der Waals surface area contributed by atoms with E-state index in [4.69, 9.17) is 0 Å². The first-order valence-electron chi connectivity index (χ1n) is 6.11. The molecule has 2 rings (SSSR count). The molecular weight excluding hydrogens is 240 g/mol. The third kappa shape index (κ3) is 3.99. The highest BCUT2D eigenvalue weighted by molar-refractivity contribution is 5.99. The Morgan fingerprint density at radius 1 is 1.05 bits per heavy atom. The van der Waals surface area contributed by atoms with Crippen LogP contribution in [0, 0.1) is 0 Å². The SMILES string of the molecule is CCNc1ccc(NC(=O)Nc2ccccc2)cn1. The zero-order chi connectivity index (χ0) is 13.5. The number of rotatable bonds is 4. The Bertz CT molecular complexity index is 525. The number of nitrogens with zero attached hydrogens (tertiary/aromatic N) is 1. The van der Waals surface area contributed by atoms with Gasteiger partial charge in [0.2, 0.25) is 0 Å². The van der Waals surface area contributed by atoms with E-state index < -0.39 is 0 Å². The van der Waals surface area contributed by atoms with Gasteiger partial charge >= 0.3 is 6.03 Å². The van der Waals surface area contributed by atoms with Crippen LogP contribution in [0.1, 0.15) is 6.92 Å². The van der Waals surface area contributed by atoms with Gasteiger partial charge in [-0.15, -0.1) is 0 Å². The van der Waals surface area contributed by atoms with Gasteiger partial charge in [0.25, 0.3) is 0 Å². The average molecular weight is 256 g/mol. The Labute approximate surface area is 112 Å². The number of urea groups is 1. The fraction of sp³-hybridized carbons (Fsp3) is 0.143. The van der Waals surface area contributed by atoms with Gasteiger partial charge in [0.1, 0.15) is 5.82 Å². The maximum Gasteiger partial charge on any atom is 0.323 e. The maximum atomic E-state index is 11.7. The number of pyridine rings is 1. The molecule has 0 atom stereocenters. The Balaban J connectivity index is 1.91. The van der Waals surface area contributed by atoms with Gasteiger partial charge in [-0.3, -0.25) is 0 Å². The molecular formula is C14H16N4O. The second-order valence-corrected chi connectivity index (χ2v) is 3.91. The summed E-state index contributed by atoms with van der Waals surface area (Å²) >= 11 is 0. The van der Waals surface area contributed by atoms with E-state index in [0.717, 1.165) is 18.1 Å². The van der Waals surface area contributed by atoms with E-state index in [1.807, 2.05) is 43.3 Å². The standard InChI is InChI=1S/C14H16N4O/c1-2-15-13-9-8-12(10-16-13)18-14(19)17-11-6-4-3-5-7-11/h3-10H,2H2,1H3,(H,15,16)(H2,17,18,19). The number of para-hydroxylation sites is 1. The summed E-state index contributed by atoms with van der Waals surface area (Å²) in [6, 6.07) is 12.6. The van der Waals surface area contributed by atoms with Gasteiger partial charge in [-0.2, -0.15) is 0 Å². The van der Waals surface area contributed by atoms with Gasteiger partial charge in [-0.05, 0) is 31.2 Å². The quantitative estimate of drug-likeness (QED) is 0.787. The summed E-state index contributed by atoms with van der Waals surface area (Å²) in [5.41, 5.74) is 1.40. The van der Waals surface area contributed by atoms with Crippen LogP contribution in [0.3, 0.4) is 0 Å². The molecule has 0 saturated carbocycles. The van der Waals surface area contributed by atoms with Crippen molar-refractivity contribution in [3.05, 3.63) is 48.7 Å². The molecule has 0 fully saturated rings. The number of hydrogen-bond acceptors (Lipinski definition) is 3. The van der Waals surface area contributed by atoms with Crippen molar-refractivity contribution in [2.75, 3.05) is 22.5 Å². The maximum absolute atomic E-state index is 11.7. The second-order valence-electron chi connectivity index (χ2n) is 3.91. The monoisotopic (exact) mass is 256 g/mol. The van der Waals surface area contributed by atoms with Crippen molar-refractivity contribution in [2.45, 2.75) is 6.92 Å². The first-order valence-corrected chi connectivity index (χ1v) is 6.11. The minimum absolute atomic E-state index is 0.288. The Morgan fingerprint density at radius 3 is 2.42 bits per heavy atom. The topological polar surface area (TPSA) is 66.0 Å². The number of aromatic nitrogens is 1. The molecule has 0 aliphatic heterocycles. The number of carbonyl (C=O) groups is 1. The highest BCUT2D eigenvalue weighted by atomic mass is 16.2. The van der Waals surface area contributed by atoms with E-state index >= 15 is 0 Å². The minimum atomic E-state index is -0.288. The van der Waals surface area contributed by atoms with Crippen LogP contribution in [0.5, 0.6) is 0 Å². The summed E-state index contributed by atoms with van der Waals surface area (Å²) in [5, 5.41) is 8.54. The molecule has 5 heteroatoms. The summed E-state index contributed by atoms with van der Waals surface area (Å²) in [6.45, 7) is 2.81. The van der Waals surface area contributed by atoms with Gasteiger partial charge in [-0.1, -0.05) is 18.2 Å². The zero-order valence-corrected chi connectivity index (χ0v) is 10.7. The van der Waals surface area contributed by atoms with Crippen molar-refractivity contribution in [3.8, 4) is 0 Å². The van der Waals surface area contributed by atoms with Gasteiger partial charge < -0.3 is 16.0 Å². The molecule has 3 N–H and O–H groups in total. The van der Waals surface area contributed by atoms with Gasteiger partial charge in [0, 0.05) is 12.2 Å². The molecule has 0 saturated heterocycles. The Hall–Kier alpha value is -2.56. The fourth-order valence-electron chi connectivity index (χ4n) is 1.57. The molecule has 1 aromatic heterocycles. The van der Waals surface area contributed by atoms with Crippen LogP contribution in [0.25, 0.3) is 0 Å². The summed E-state index contributed by atoms with van der Waals surface area (Å²) < 4.78 is 0. The first-order chi connectivity index (χ1) is 9.28. The van der Waals surface area contributed by atoms with Crippen molar-refractivity contribution < 1.29 is 4.79 Å². The van der Waals surface area contributed by atoms with Gasteiger partial charge in [0.15, 0.2) is 0 Å². The highest BCUT2D eigenvalue weighted by Gasteiger charge is 2.02. The van der Waals surface area contributed by atoms with Crippen LogP contribution in [-0.4, -0.2) is 17.6 Å². The molecule has 1 heterocycles. The van der Waals surface area contributed by atoms with Crippen LogP contribution < -0.4 is 16.0 Å². The number of carbonyl (C=O) groups excluding carboxylic acids is 1. The molecule has 19 heavy (non-hydrogen) atoms.